The number of anilines is 1. The lowest BCUT2D eigenvalue weighted by atomic mass is 10.1. The minimum absolute atomic E-state index is 0.0108. The molecule has 2 aliphatic rings. The third-order valence-corrected chi connectivity index (χ3v) is 6.96. The van der Waals surface area contributed by atoms with Crippen LogP contribution in [0.2, 0.25) is 0 Å². The van der Waals surface area contributed by atoms with Crippen LogP contribution in [0.4, 0.5) is 5.69 Å². The van der Waals surface area contributed by atoms with Gasteiger partial charge in [0.15, 0.2) is 27.4 Å². The lowest BCUT2D eigenvalue weighted by Gasteiger charge is -2.35. The third-order valence-electron chi connectivity index (χ3n) is 5.25. The maximum atomic E-state index is 13.0. The van der Waals surface area contributed by atoms with Crippen LogP contribution in [0.3, 0.4) is 0 Å². The summed E-state index contributed by atoms with van der Waals surface area (Å²) in [5.41, 5.74) is 0.511. The second-order valence-corrected chi connectivity index (χ2v) is 9.79. The predicted octanol–water partition coefficient (Wildman–Crippen LogP) is 1.50. The number of nitrogens with zero attached hydrogens (tertiary/aromatic N) is 2. The molecule has 0 aromatic heterocycles. The van der Waals surface area contributed by atoms with Crippen LogP contribution in [0.15, 0.2) is 47.4 Å². The Morgan fingerprint density at radius 3 is 2.50 bits per heavy atom. The summed E-state index contributed by atoms with van der Waals surface area (Å²) >= 11 is 0. The molecule has 2 heterocycles. The van der Waals surface area contributed by atoms with Crippen LogP contribution in [0.25, 0.3) is 0 Å². The molecule has 170 valence electrons. The van der Waals surface area contributed by atoms with E-state index >= 15 is 0 Å². The van der Waals surface area contributed by atoms with E-state index in [-0.39, 0.29) is 29.5 Å². The van der Waals surface area contributed by atoms with Crippen molar-refractivity contribution in [2.45, 2.75) is 17.4 Å². The molecule has 0 aliphatic carbocycles. The summed E-state index contributed by atoms with van der Waals surface area (Å²) < 4.78 is 42.4. The van der Waals surface area contributed by atoms with Crippen molar-refractivity contribution < 1.29 is 32.2 Å². The van der Waals surface area contributed by atoms with Crippen LogP contribution < -0.4 is 19.1 Å². The number of carbonyl (C=O) groups is 2. The number of benzene rings is 2. The Morgan fingerprint density at radius 1 is 1.03 bits per heavy atom. The molecule has 0 saturated carbocycles. The average Bonchev–Trinajstić information content (AvgIpc) is 2.81. The Morgan fingerprint density at radius 2 is 1.75 bits per heavy atom. The van der Waals surface area contributed by atoms with E-state index in [0.29, 0.717) is 36.1 Å². The zero-order chi connectivity index (χ0) is 22.9. The standard InChI is InChI=1S/C22H24N2O7S/c1-23(2)22(26)20-14-24(16-5-3-4-6-17(16)31-20)21(25)9-12-32(27,28)15-7-8-18-19(13-15)30-11-10-29-18/h3-8,13,20H,9-12,14H2,1-2H3/t20-/m1/s1. The Bertz CT molecular complexity index is 1150. The number of para-hydroxylation sites is 2. The number of carbonyl (C=O) groups excluding carboxylic acids is 2. The van der Waals surface area contributed by atoms with Gasteiger partial charge in [0.25, 0.3) is 5.91 Å². The summed E-state index contributed by atoms with van der Waals surface area (Å²) in [7, 11) is -0.519. The predicted molar refractivity (Wildman–Crippen MR) is 116 cm³/mol. The van der Waals surface area contributed by atoms with Gasteiger partial charge in [0, 0.05) is 26.6 Å². The number of hydrogen-bond donors (Lipinski definition) is 0. The van der Waals surface area contributed by atoms with E-state index in [1.807, 2.05) is 0 Å². The van der Waals surface area contributed by atoms with E-state index in [1.54, 1.807) is 44.4 Å². The Labute approximate surface area is 186 Å². The van der Waals surface area contributed by atoms with Crippen molar-refractivity contribution in [2.75, 3.05) is 44.5 Å². The number of amides is 2. The van der Waals surface area contributed by atoms with Gasteiger partial charge < -0.3 is 24.0 Å². The van der Waals surface area contributed by atoms with Crippen LogP contribution >= 0.6 is 0 Å². The number of likely N-dealkylation sites (N-methyl/N-ethyl adjacent to an activating group) is 1. The highest BCUT2D eigenvalue weighted by atomic mass is 32.2. The number of rotatable bonds is 5. The first kappa shape index (κ1) is 21.9. The number of hydrogen-bond acceptors (Lipinski definition) is 7. The van der Waals surface area contributed by atoms with Gasteiger partial charge in [0.1, 0.15) is 19.0 Å². The van der Waals surface area contributed by atoms with Gasteiger partial charge in [-0.3, -0.25) is 9.59 Å². The molecule has 2 aromatic carbocycles. The molecule has 4 rings (SSSR count). The number of ether oxygens (including phenoxy) is 3. The molecule has 0 fully saturated rings. The molecular weight excluding hydrogens is 436 g/mol. The maximum absolute atomic E-state index is 13.0. The molecular formula is C22H24N2O7S. The lowest BCUT2D eigenvalue weighted by molar-refractivity contribution is -0.136. The molecule has 0 spiro atoms. The number of sulfone groups is 1. The highest BCUT2D eigenvalue weighted by molar-refractivity contribution is 7.91. The van der Waals surface area contributed by atoms with E-state index in [0.717, 1.165) is 0 Å². The van der Waals surface area contributed by atoms with Crippen molar-refractivity contribution in [3.63, 3.8) is 0 Å². The highest BCUT2D eigenvalue weighted by Crippen LogP contribution is 2.35. The first-order valence-electron chi connectivity index (χ1n) is 10.2. The molecule has 2 aromatic rings. The molecule has 0 bridgehead atoms. The quantitative estimate of drug-likeness (QED) is 0.666. The van der Waals surface area contributed by atoms with Crippen LogP contribution in [0.5, 0.6) is 17.2 Å². The van der Waals surface area contributed by atoms with Gasteiger partial charge in [0.05, 0.1) is 22.9 Å². The van der Waals surface area contributed by atoms with Gasteiger partial charge in [0.2, 0.25) is 5.91 Å². The minimum atomic E-state index is -3.74. The molecule has 0 saturated heterocycles. The molecule has 10 heteroatoms. The van der Waals surface area contributed by atoms with Crippen LogP contribution in [-0.4, -0.2) is 70.8 Å². The van der Waals surface area contributed by atoms with E-state index in [4.69, 9.17) is 14.2 Å². The zero-order valence-corrected chi connectivity index (χ0v) is 18.6. The first-order chi connectivity index (χ1) is 15.3. The lowest BCUT2D eigenvalue weighted by Crippen LogP contribution is -2.50. The Kier molecular flexibility index (Phi) is 5.96. The van der Waals surface area contributed by atoms with E-state index in [1.165, 1.54) is 21.9 Å². The fourth-order valence-electron chi connectivity index (χ4n) is 3.58. The van der Waals surface area contributed by atoms with E-state index in [9.17, 15) is 18.0 Å². The molecule has 0 unspecified atom stereocenters. The largest absolute Gasteiger partial charge is 0.486 e. The van der Waals surface area contributed by atoms with Gasteiger partial charge in [-0.1, -0.05) is 12.1 Å². The fraction of sp³-hybridized carbons (Fsp3) is 0.364. The molecule has 9 nitrogen and oxygen atoms in total. The van der Waals surface area contributed by atoms with E-state index in [2.05, 4.69) is 0 Å². The maximum Gasteiger partial charge on any atom is 0.265 e. The topological polar surface area (TPSA) is 102 Å². The van der Waals surface area contributed by atoms with Gasteiger partial charge in [-0.15, -0.1) is 0 Å². The Hall–Kier alpha value is -3.27. The summed E-state index contributed by atoms with van der Waals surface area (Å²) in [6.07, 6.45) is -1.10. The second kappa shape index (κ2) is 8.70. The fourth-order valence-corrected chi connectivity index (χ4v) is 4.82. The summed E-state index contributed by atoms with van der Waals surface area (Å²) in [4.78, 5) is 28.4. The van der Waals surface area contributed by atoms with Crippen molar-refractivity contribution in [3.05, 3.63) is 42.5 Å². The summed E-state index contributed by atoms with van der Waals surface area (Å²) in [5, 5.41) is 0. The average molecular weight is 461 g/mol. The molecule has 2 amide bonds. The molecule has 0 N–H and O–H groups in total. The zero-order valence-electron chi connectivity index (χ0n) is 17.8. The monoisotopic (exact) mass is 460 g/mol. The molecule has 32 heavy (non-hydrogen) atoms. The van der Waals surface area contributed by atoms with Crippen molar-refractivity contribution in [3.8, 4) is 17.2 Å². The second-order valence-electron chi connectivity index (χ2n) is 7.69. The molecule has 2 aliphatic heterocycles. The minimum Gasteiger partial charge on any atom is -0.486 e. The van der Waals surface area contributed by atoms with Crippen molar-refractivity contribution in [1.29, 1.82) is 0 Å². The normalized spacial score (nSPS) is 17.2. The first-order valence-corrected chi connectivity index (χ1v) is 11.8. The summed E-state index contributed by atoms with van der Waals surface area (Å²) in [5.74, 6) is 0.210. The van der Waals surface area contributed by atoms with Crippen molar-refractivity contribution in [1.82, 2.24) is 4.90 Å². The van der Waals surface area contributed by atoms with Gasteiger partial charge in [-0.2, -0.15) is 0 Å². The molecule has 0 radical (unpaired) electrons. The summed E-state index contributed by atoms with van der Waals surface area (Å²) in [6, 6.07) is 11.3. The Balaban J connectivity index is 1.51. The van der Waals surface area contributed by atoms with Crippen molar-refractivity contribution >= 4 is 27.3 Å². The van der Waals surface area contributed by atoms with Gasteiger partial charge in [-0.25, -0.2) is 8.42 Å². The molecule has 1 atom stereocenters. The van der Waals surface area contributed by atoms with Crippen LogP contribution in [-0.2, 0) is 19.4 Å². The SMILES string of the molecule is CN(C)C(=O)[C@H]1CN(C(=O)CCS(=O)(=O)c2ccc3c(c2)OCCO3)c2ccccc2O1. The smallest absolute Gasteiger partial charge is 0.265 e. The van der Waals surface area contributed by atoms with Gasteiger partial charge >= 0.3 is 0 Å². The summed E-state index contributed by atoms with van der Waals surface area (Å²) in [6.45, 7) is 0.765. The van der Waals surface area contributed by atoms with Crippen molar-refractivity contribution in [2.24, 2.45) is 0 Å². The highest BCUT2D eigenvalue weighted by Gasteiger charge is 2.35. The van der Waals surface area contributed by atoms with Gasteiger partial charge in [-0.05, 0) is 24.3 Å². The van der Waals surface area contributed by atoms with Crippen LogP contribution in [0, 0.1) is 0 Å². The third kappa shape index (κ3) is 4.36. The van der Waals surface area contributed by atoms with E-state index < -0.39 is 21.8 Å². The number of fused-ring (bicyclic) bond motifs is 2. The van der Waals surface area contributed by atoms with Crippen LogP contribution in [0.1, 0.15) is 6.42 Å².